The van der Waals surface area contributed by atoms with Gasteiger partial charge in [-0.05, 0) is 43.7 Å². The Bertz CT molecular complexity index is 420. The standard InChI is InChI=1S/C12H15NO3/c1-2-16-12(15)11-9-6-4-3-5-8(9)10(7-14)13-11/h7,13H,2-6H2,1H3. The van der Waals surface area contributed by atoms with Gasteiger partial charge in [-0.15, -0.1) is 0 Å². The Morgan fingerprint density at radius 3 is 2.69 bits per heavy atom. The molecule has 0 saturated heterocycles. The third kappa shape index (κ3) is 1.75. The average Bonchev–Trinajstić information content (AvgIpc) is 2.68. The second-order valence-electron chi connectivity index (χ2n) is 3.92. The highest BCUT2D eigenvalue weighted by Crippen LogP contribution is 2.27. The largest absolute Gasteiger partial charge is 0.461 e. The molecule has 16 heavy (non-hydrogen) atoms. The van der Waals surface area contributed by atoms with Crippen molar-refractivity contribution in [1.82, 2.24) is 4.98 Å². The number of ether oxygens (including phenoxy) is 1. The number of H-pyrrole nitrogens is 1. The molecule has 0 radical (unpaired) electrons. The van der Waals surface area contributed by atoms with Crippen molar-refractivity contribution in [2.24, 2.45) is 0 Å². The summed E-state index contributed by atoms with van der Waals surface area (Å²) in [5, 5.41) is 0. The molecule has 0 fully saturated rings. The van der Waals surface area contributed by atoms with Crippen molar-refractivity contribution in [2.75, 3.05) is 6.61 Å². The molecule has 1 heterocycles. The van der Waals surface area contributed by atoms with Crippen molar-refractivity contribution in [3.8, 4) is 0 Å². The smallest absolute Gasteiger partial charge is 0.355 e. The second-order valence-corrected chi connectivity index (χ2v) is 3.92. The Labute approximate surface area is 94.0 Å². The van der Waals surface area contributed by atoms with Gasteiger partial charge in [-0.2, -0.15) is 0 Å². The summed E-state index contributed by atoms with van der Waals surface area (Å²) in [5.41, 5.74) is 2.99. The van der Waals surface area contributed by atoms with Crippen LogP contribution in [0.15, 0.2) is 0 Å². The molecule has 1 N–H and O–H groups in total. The zero-order chi connectivity index (χ0) is 11.5. The summed E-state index contributed by atoms with van der Waals surface area (Å²) in [5.74, 6) is -0.353. The third-order valence-corrected chi connectivity index (χ3v) is 2.95. The quantitative estimate of drug-likeness (QED) is 0.626. The van der Waals surface area contributed by atoms with E-state index < -0.39 is 0 Å². The lowest BCUT2D eigenvalue weighted by Crippen LogP contribution is -2.10. The maximum absolute atomic E-state index is 11.7. The summed E-state index contributed by atoms with van der Waals surface area (Å²) in [7, 11) is 0. The molecule has 1 aliphatic rings. The van der Waals surface area contributed by atoms with Crippen molar-refractivity contribution < 1.29 is 14.3 Å². The van der Waals surface area contributed by atoms with Crippen LogP contribution in [0.1, 0.15) is 51.9 Å². The fourth-order valence-corrected chi connectivity index (χ4v) is 2.24. The monoisotopic (exact) mass is 221 g/mol. The van der Waals surface area contributed by atoms with E-state index in [1.54, 1.807) is 6.92 Å². The maximum Gasteiger partial charge on any atom is 0.355 e. The van der Waals surface area contributed by atoms with Gasteiger partial charge in [0.1, 0.15) is 5.69 Å². The molecule has 1 aromatic rings. The molecule has 0 atom stereocenters. The van der Waals surface area contributed by atoms with E-state index in [0.717, 1.165) is 43.1 Å². The highest BCUT2D eigenvalue weighted by molar-refractivity contribution is 5.92. The minimum atomic E-state index is -0.353. The van der Waals surface area contributed by atoms with Crippen LogP contribution in [0.3, 0.4) is 0 Å². The first kappa shape index (κ1) is 10.9. The first-order chi connectivity index (χ1) is 7.77. The van der Waals surface area contributed by atoms with Gasteiger partial charge in [0.15, 0.2) is 6.29 Å². The number of carbonyl (C=O) groups is 2. The van der Waals surface area contributed by atoms with E-state index in [4.69, 9.17) is 4.74 Å². The van der Waals surface area contributed by atoms with Crippen LogP contribution in [0.25, 0.3) is 0 Å². The van der Waals surface area contributed by atoms with Crippen LogP contribution in [-0.2, 0) is 17.6 Å². The Morgan fingerprint density at radius 2 is 2.06 bits per heavy atom. The molecular weight excluding hydrogens is 206 g/mol. The second kappa shape index (κ2) is 4.51. The predicted molar refractivity (Wildman–Crippen MR) is 58.8 cm³/mol. The molecule has 0 unspecified atom stereocenters. The van der Waals surface area contributed by atoms with E-state index in [9.17, 15) is 9.59 Å². The van der Waals surface area contributed by atoms with Crippen molar-refractivity contribution in [2.45, 2.75) is 32.6 Å². The van der Waals surface area contributed by atoms with Gasteiger partial charge in [-0.25, -0.2) is 4.79 Å². The van der Waals surface area contributed by atoms with Crippen LogP contribution in [0.5, 0.6) is 0 Å². The van der Waals surface area contributed by atoms with E-state index in [1.807, 2.05) is 0 Å². The fraction of sp³-hybridized carbons (Fsp3) is 0.500. The average molecular weight is 221 g/mol. The van der Waals surface area contributed by atoms with Gasteiger partial charge < -0.3 is 9.72 Å². The first-order valence-corrected chi connectivity index (χ1v) is 5.64. The van der Waals surface area contributed by atoms with Gasteiger partial charge in [0.2, 0.25) is 0 Å². The van der Waals surface area contributed by atoms with Crippen LogP contribution in [0, 0.1) is 0 Å². The summed E-state index contributed by atoms with van der Waals surface area (Å²) < 4.78 is 4.97. The lowest BCUT2D eigenvalue weighted by Gasteiger charge is -2.12. The molecule has 1 aliphatic carbocycles. The van der Waals surface area contributed by atoms with Crippen LogP contribution in [0.2, 0.25) is 0 Å². The Hall–Kier alpha value is -1.58. The first-order valence-electron chi connectivity index (χ1n) is 5.64. The molecule has 4 heteroatoms. The fourth-order valence-electron chi connectivity index (χ4n) is 2.24. The zero-order valence-corrected chi connectivity index (χ0v) is 9.34. The Balaban J connectivity index is 2.41. The zero-order valence-electron chi connectivity index (χ0n) is 9.34. The van der Waals surface area contributed by atoms with E-state index in [1.165, 1.54) is 0 Å². The molecule has 86 valence electrons. The molecule has 0 aliphatic heterocycles. The number of fused-ring (bicyclic) bond motifs is 1. The summed E-state index contributed by atoms with van der Waals surface area (Å²) in [6.45, 7) is 2.12. The minimum absolute atomic E-state index is 0.350. The number of nitrogens with one attached hydrogen (secondary N) is 1. The SMILES string of the molecule is CCOC(=O)c1[nH]c(C=O)c2c1CCCC2. The maximum atomic E-state index is 11.7. The van der Waals surface area contributed by atoms with Gasteiger partial charge in [0.25, 0.3) is 0 Å². The molecule has 2 rings (SSSR count). The van der Waals surface area contributed by atoms with Crippen LogP contribution in [0.4, 0.5) is 0 Å². The number of carbonyl (C=O) groups excluding carboxylic acids is 2. The normalized spacial score (nSPS) is 14.3. The summed E-state index contributed by atoms with van der Waals surface area (Å²) in [4.78, 5) is 25.4. The summed E-state index contributed by atoms with van der Waals surface area (Å²) in [6.07, 6.45) is 4.66. The number of rotatable bonds is 3. The molecule has 0 aromatic carbocycles. The minimum Gasteiger partial charge on any atom is -0.461 e. The van der Waals surface area contributed by atoms with Gasteiger partial charge in [-0.1, -0.05) is 0 Å². The Kier molecular flexibility index (Phi) is 3.08. The van der Waals surface area contributed by atoms with Crippen molar-refractivity contribution >= 4 is 12.3 Å². The van der Waals surface area contributed by atoms with Gasteiger partial charge >= 0.3 is 5.97 Å². The van der Waals surface area contributed by atoms with Gasteiger partial charge in [0, 0.05) is 0 Å². The van der Waals surface area contributed by atoms with E-state index >= 15 is 0 Å². The number of aromatic amines is 1. The number of esters is 1. The van der Waals surface area contributed by atoms with Crippen LogP contribution < -0.4 is 0 Å². The van der Waals surface area contributed by atoms with Crippen molar-refractivity contribution in [3.63, 3.8) is 0 Å². The number of aromatic nitrogens is 1. The summed E-state index contributed by atoms with van der Waals surface area (Å²) >= 11 is 0. The lowest BCUT2D eigenvalue weighted by atomic mass is 9.92. The van der Waals surface area contributed by atoms with Crippen molar-refractivity contribution in [1.29, 1.82) is 0 Å². The highest BCUT2D eigenvalue weighted by Gasteiger charge is 2.24. The lowest BCUT2D eigenvalue weighted by molar-refractivity contribution is 0.0518. The number of hydrogen-bond acceptors (Lipinski definition) is 3. The molecule has 1 aromatic heterocycles. The topological polar surface area (TPSA) is 59.2 Å². The molecule has 4 nitrogen and oxygen atoms in total. The van der Waals surface area contributed by atoms with E-state index in [0.29, 0.717) is 18.0 Å². The Morgan fingerprint density at radius 1 is 1.38 bits per heavy atom. The molecule has 0 saturated carbocycles. The van der Waals surface area contributed by atoms with Crippen molar-refractivity contribution in [3.05, 3.63) is 22.5 Å². The molecule has 0 spiro atoms. The van der Waals surface area contributed by atoms with E-state index in [-0.39, 0.29) is 5.97 Å². The van der Waals surface area contributed by atoms with E-state index in [2.05, 4.69) is 4.98 Å². The number of hydrogen-bond donors (Lipinski definition) is 1. The van der Waals surface area contributed by atoms with Crippen LogP contribution in [-0.4, -0.2) is 23.8 Å². The highest BCUT2D eigenvalue weighted by atomic mass is 16.5. The molecular formula is C12H15NO3. The van der Waals surface area contributed by atoms with Gasteiger partial charge in [0.05, 0.1) is 12.3 Å². The van der Waals surface area contributed by atoms with Gasteiger partial charge in [-0.3, -0.25) is 4.79 Å². The molecule has 0 bridgehead atoms. The third-order valence-electron chi connectivity index (χ3n) is 2.95. The summed E-state index contributed by atoms with van der Waals surface area (Å²) in [6, 6.07) is 0. The van der Waals surface area contributed by atoms with Crippen LogP contribution >= 0.6 is 0 Å². The molecule has 0 amide bonds. The predicted octanol–water partition coefficient (Wildman–Crippen LogP) is 1.88. The number of aldehydes is 1.